The van der Waals surface area contributed by atoms with E-state index in [1.165, 1.54) is 12.1 Å². The fourth-order valence-corrected chi connectivity index (χ4v) is 1.09. The first kappa shape index (κ1) is 11.3. The van der Waals surface area contributed by atoms with Crippen LogP contribution in [-0.2, 0) is 4.79 Å². The summed E-state index contributed by atoms with van der Waals surface area (Å²) >= 11 is 5.71. The molecular formula is C9H7ClN2O3. The van der Waals surface area contributed by atoms with Crippen molar-refractivity contribution < 1.29 is 9.72 Å². The Labute approximate surface area is 90.5 Å². The highest BCUT2D eigenvalue weighted by molar-refractivity contribution is 6.30. The molecule has 0 saturated heterocycles. The van der Waals surface area contributed by atoms with Crippen molar-refractivity contribution >= 4 is 29.7 Å². The lowest BCUT2D eigenvalue weighted by Crippen LogP contribution is -1.90. The lowest BCUT2D eigenvalue weighted by molar-refractivity contribution is -0.385. The topological polar surface area (TPSA) is 73.1 Å². The minimum atomic E-state index is -0.555. The van der Waals surface area contributed by atoms with Crippen LogP contribution in [-0.4, -0.2) is 16.2 Å². The van der Waals surface area contributed by atoms with E-state index >= 15 is 0 Å². The number of allylic oxidation sites excluding steroid dienone is 1. The molecule has 0 amide bonds. The summed E-state index contributed by atoms with van der Waals surface area (Å²) in [4.78, 5) is 23.6. The number of carbonyl (C=O) groups excluding carboxylic acids is 1. The van der Waals surface area contributed by atoms with Gasteiger partial charge in [-0.2, -0.15) is 0 Å². The Kier molecular flexibility index (Phi) is 3.93. The van der Waals surface area contributed by atoms with Crippen LogP contribution < -0.4 is 0 Å². The van der Waals surface area contributed by atoms with Gasteiger partial charge in [-0.25, -0.2) is 4.98 Å². The van der Waals surface area contributed by atoms with E-state index in [-0.39, 0.29) is 17.3 Å². The van der Waals surface area contributed by atoms with E-state index in [1.54, 1.807) is 6.08 Å². The quantitative estimate of drug-likeness (QED) is 0.342. The van der Waals surface area contributed by atoms with E-state index in [9.17, 15) is 14.9 Å². The predicted molar refractivity (Wildman–Crippen MR) is 55.6 cm³/mol. The Morgan fingerprint density at radius 2 is 2.33 bits per heavy atom. The molecule has 0 saturated carbocycles. The Hall–Kier alpha value is -1.75. The monoisotopic (exact) mass is 226 g/mol. The molecule has 0 radical (unpaired) electrons. The summed E-state index contributed by atoms with van der Waals surface area (Å²) in [6.45, 7) is 0. The number of carbonyl (C=O) groups is 1. The Bertz CT molecular complexity index is 418. The number of aromatic nitrogens is 1. The van der Waals surface area contributed by atoms with Crippen molar-refractivity contribution in [2.75, 3.05) is 0 Å². The summed E-state index contributed by atoms with van der Waals surface area (Å²) in [7, 11) is 0. The van der Waals surface area contributed by atoms with Crippen LogP contribution in [0.5, 0.6) is 0 Å². The maximum Gasteiger partial charge on any atom is 0.288 e. The largest absolute Gasteiger partial charge is 0.303 e. The molecule has 1 aromatic rings. The van der Waals surface area contributed by atoms with Gasteiger partial charge in [0.2, 0.25) is 0 Å². The molecule has 5 nitrogen and oxygen atoms in total. The van der Waals surface area contributed by atoms with Gasteiger partial charge in [-0.05, 0) is 0 Å². The zero-order valence-electron chi connectivity index (χ0n) is 7.59. The molecule has 0 N–H and O–H groups in total. The first-order valence-corrected chi connectivity index (χ1v) is 4.43. The zero-order chi connectivity index (χ0) is 11.3. The van der Waals surface area contributed by atoms with Crippen LogP contribution in [0.3, 0.4) is 0 Å². The Morgan fingerprint density at radius 1 is 1.60 bits per heavy atom. The second-order valence-corrected chi connectivity index (χ2v) is 2.99. The van der Waals surface area contributed by atoms with E-state index < -0.39 is 4.92 Å². The van der Waals surface area contributed by atoms with Crippen LogP contribution in [0.2, 0.25) is 5.15 Å². The molecule has 1 rings (SSSR count). The number of hydrogen-bond donors (Lipinski definition) is 0. The third-order valence-corrected chi connectivity index (χ3v) is 1.91. The maximum atomic E-state index is 10.4. The third-order valence-electron chi connectivity index (χ3n) is 1.59. The molecule has 0 fully saturated rings. The van der Waals surface area contributed by atoms with Gasteiger partial charge in [0.25, 0.3) is 5.69 Å². The molecule has 0 spiro atoms. The molecule has 6 heteroatoms. The second-order valence-electron chi connectivity index (χ2n) is 2.64. The summed E-state index contributed by atoms with van der Waals surface area (Å²) in [6.07, 6.45) is 5.12. The van der Waals surface area contributed by atoms with Gasteiger partial charge in [0.15, 0.2) is 0 Å². The van der Waals surface area contributed by atoms with E-state index in [0.29, 0.717) is 5.56 Å². The van der Waals surface area contributed by atoms with Gasteiger partial charge in [-0.1, -0.05) is 23.8 Å². The molecule has 1 heterocycles. The number of pyridine rings is 1. The summed E-state index contributed by atoms with van der Waals surface area (Å²) < 4.78 is 0. The van der Waals surface area contributed by atoms with Gasteiger partial charge in [-0.3, -0.25) is 10.1 Å². The van der Waals surface area contributed by atoms with Crippen LogP contribution in [0.4, 0.5) is 5.69 Å². The summed E-state index contributed by atoms with van der Waals surface area (Å²) in [6, 6.07) is 1.30. The summed E-state index contributed by atoms with van der Waals surface area (Å²) in [5.74, 6) is 0. The number of aldehydes is 1. The third kappa shape index (κ3) is 3.14. The highest BCUT2D eigenvalue weighted by Crippen LogP contribution is 2.20. The van der Waals surface area contributed by atoms with E-state index in [4.69, 9.17) is 11.6 Å². The molecule has 78 valence electrons. The van der Waals surface area contributed by atoms with Crippen LogP contribution in [0.1, 0.15) is 12.0 Å². The van der Waals surface area contributed by atoms with Gasteiger partial charge >= 0.3 is 0 Å². The van der Waals surface area contributed by atoms with Gasteiger partial charge in [0, 0.05) is 18.1 Å². The number of halogens is 1. The Balaban J connectivity index is 3.00. The lowest BCUT2D eigenvalue weighted by Gasteiger charge is -1.96. The van der Waals surface area contributed by atoms with Crippen molar-refractivity contribution in [3.63, 3.8) is 0 Å². The fourth-order valence-electron chi connectivity index (χ4n) is 0.921. The normalized spacial score (nSPS) is 10.5. The number of rotatable bonds is 4. The summed E-state index contributed by atoms with van der Waals surface area (Å²) in [5.41, 5.74) is 0.290. The number of nitrogens with zero attached hydrogens (tertiary/aromatic N) is 2. The average molecular weight is 227 g/mol. The van der Waals surface area contributed by atoms with Gasteiger partial charge in [-0.15, -0.1) is 0 Å². The van der Waals surface area contributed by atoms with Crippen molar-refractivity contribution in [1.29, 1.82) is 0 Å². The molecule has 0 aliphatic heterocycles. The van der Waals surface area contributed by atoms with Crippen molar-refractivity contribution in [3.8, 4) is 0 Å². The molecule has 0 aliphatic rings. The molecule has 0 atom stereocenters. The SMILES string of the molecule is O=CCC=Cc1cc([N+](=O)[O-])cnc1Cl. The van der Waals surface area contributed by atoms with Gasteiger partial charge < -0.3 is 4.79 Å². The minimum Gasteiger partial charge on any atom is -0.303 e. The fraction of sp³-hybridized carbons (Fsp3) is 0.111. The van der Waals surface area contributed by atoms with Gasteiger partial charge in [0.1, 0.15) is 17.6 Å². The Morgan fingerprint density at radius 3 is 2.93 bits per heavy atom. The first-order chi connectivity index (χ1) is 7.15. The molecule has 1 aromatic heterocycles. The highest BCUT2D eigenvalue weighted by Gasteiger charge is 2.08. The first-order valence-electron chi connectivity index (χ1n) is 4.05. The van der Waals surface area contributed by atoms with Gasteiger partial charge in [0.05, 0.1) is 4.92 Å². The van der Waals surface area contributed by atoms with E-state index in [1.807, 2.05) is 0 Å². The van der Waals surface area contributed by atoms with Crippen molar-refractivity contribution in [1.82, 2.24) is 4.98 Å². The number of hydrogen-bond acceptors (Lipinski definition) is 4. The smallest absolute Gasteiger partial charge is 0.288 e. The van der Waals surface area contributed by atoms with Crippen molar-refractivity contribution in [3.05, 3.63) is 39.2 Å². The van der Waals surface area contributed by atoms with E-state index in [0.717, 1.165) is 12.5 Å². The van der Waals surface area contributed by atoms with Crippen molar-refractivity contribution in [2.45, 2.75) is 6.42 Å². The van der Waals surface area contributed by atoms with Crippen LogP contribution in [0.15, 0.2) is 18.3 Å². The predicted octanol–water partition coefficient (Wildman–Crippen LogP) is 2.25. The van der Waals surface area contributed by atoms with E-state index in [2.05, 4.69) is 4.98 Å². The molecule has 15 heavy (non-hydrogen) atoms. The average Bonchev–Trinajstić information content (AvgIpc) is 2.20. The lowest BCUT2D eigenvalue weighted by atomic mass is 10.2. The van der Waals surface area contributed by atoms with Crippen LogP contribution in [0.25, 0.3) is 6.08 Å². The number of nitro groups is 1. The van der Waals surface area contributed by atoms with Crippen LogP contribution in [0, 0.1) is 10.1 Å². The summed E-state index contributed by atoms with van der Waals surface area (Å²) in [5, 5.41) is 10.6. The maximum absolute atomic E-state index is 10.4. The molecule has 0 unspecified atom stereocenters. The molecule has 0 bridgehead atoms. The molecular weight excluding hydrogens is 220 g/mol. The molecule has 0 aromatic carbocycles. The highest BCUT2D eigenvalue weighted by atomic mass is 35.5. The van der Waals surface area contributed by atoms with Crippen molar-refractivity contribution in [2.24, 2.45) is 0 Å². The second kappa shape index (κ2) is 5.21. The zero-order valence-corrected chi connectivity index (χ0v) is 8.35. The minimum absolute atomic E-state index is 0.134. The van der Waals surface area contributed by atoms with Crippen LogP contribution >= 0.6 is 11.6 Å². The molecule has 0 aliphatic carbocycles. The standard InChI is InChI=1S/C9H7ClN2O3/c10-9-7(3-1-2-4-13)5-8(6-11-9)12(14)15/h1,3-6H,2H2.